The Morgan fingerprint density at radius 2 is 1.25 bits per heavy atom. The molecule has 0 saturated heterocycles. The summed E-state index contributed by atoms with van der Waals surface area (Å²) in [4.78, 5) is 10.4. The fourth-order valence-electron chi connectivity index (χ4n) is 1.53. The van der Waals surface area contributed by atoms with Gasteiger partial charge in [0.25, 0.3) is 0 Å². The second-order valence-corrected chi connectivity index (χ2v) is 4.95. The van der Waals surface area contributed by atoms with Crippen LogP contribution in [0.1, 0.15) is 66.2 Å². The van der Waals surface area contributed by atoms with Crippen molar-refractivity contribution >= 4 is 5.97 Å². The molecule has 0 atom stereocenters. The van der Waals surface area contributed by atoms with Crippen molar-refractivity contribution in [3.8, 4) is 0 Å². The van der Waals surface area contributed by atoms with Crippen LogP contribution in [0.5, 0.6) is 0 Å². The van der Waals surface area contributed by atoms with Gasteiger partial charge in [-0.25, -0.2) is 0 Å². The first kappa shape index (κ1) is 28.1. The molecular formula is C18H40O6. The lowest BCUT2D eigenvalue weighted by molar-refractivity contribution is -0.141. The summed E-state index contributed by atoms with van der Waals surface area (Å²) in [7, 11) is 0. The Morgan fingerprint density at radius 1 is 0.750 bits per heavy atom. The van der Waals surface area contributed by atoms with Crippen LogP contribution < -0.4 is 0 Å². The minimum Gasteiger partial charge on any atom is -0.466 e. The lowest BCUT2D eigenvalue weighted by atomic mass is 10.1. The normalized spacial score (nSPS) is 9.42. The van der Waals surface area contributed by atoms with E-state index >= 15 is 0 Å². The van der Waals surface area contributed by atoms with Gasteiger partial charge in [0.1, 0.15) is 0 Å². The van der Waals surface area contributed by atoms with Crippen molar-refractivity contribution < 1.29 is 29.2 Å². The van der Waals surface area contributed by atoms with Crippen LogP contribution in [0.4, 0.5) is 0 Å². The fraction of sp³-hybridized carbons (Fsp3) is 0.944. The van der Waals surface area contributed by atoms with Gasteiger partial charge in [0.15, 0.2) is 0 Å². The third-order valence-corrected chi connectivity index (χ3v) is 2.68. The Labute approximate surface area is 148 Å². The van der Waals surface area contributed by atoms with Crippen molar-refractivity contribution in [2.24, 2.45) is 0 Å². The van der Waals surface area contributed by atoms with E-state index in [0.29, 0.717) is 19.8 Å². The van der Waals surface area contributed by atoms with Crippen molar-refractivity contribution in [2.75, 3.05) is 46.2 Å². The zero-order chi connectivity index (χ0) is 18.9. The number of ether oxygens (including phenoxy) is 3. The topological polar surface area (TPSA) is 85.2 Å². The molecule has 2 N–H and O–H groups in total. The summed E-state index contributed by atoms with van der Waals surface area (Å²) in [5.74, 6) is -0.163. The maximum Gasteiger partial charge on any atom is 0.302 e. The molecular weight excluding hydrogens is 312 g/mol. The van der Waals surface area contributed by atoms with E-state index in [9.17, 15) is 4.79 Å². The smallest absolute Gasteiger partial charge is 0.302 e. The third-order valence-electron chi connectivity index (χ3n) is 2.68. The molecule has 0 bridgehead atoms. The first-order chi connectivity index (χ1) is 11.6. The average molecular weight is 353 g/mol. The third kappa shape index (κ3) is 42.9. The number of carbonyl (C=O) groups is 1. The quantitative estimate of drug-likeness (QED) is 0.391. The predicted molar refractivity (Wildman–Crippen MR) is 97.2 cm³/mol. The van der Waals surface area contributed by atoms with Crippen molar-refractivity contribution in [3.05, 3.63) is 0 Å². The van der Waals surface area contributed by atoms with Crippen LogP contribution in [0, 0.1) is 0 Å². The van der Waals surface area contributed by atoms with Crippen LogP contribution in [-0.4, -0.2) is 62.4 Å². The summed E-state index contributed by atoms with van der Waals surface area (Å²) in [6.45, 7) is 10.6. The Hall–Kier alpha value is -0.690. The van der Waals surface area contributed by atoms with Crippen LogP contribution >= 0.6 is 0 Å². The Kier molecular flexibility index (Phi) is 35.4. The van der Waals surface area contributed by atoms with E-state index in [4.69, 9.17) is 19.7 Å². The molecule has 6 heteroatoms. The van der Waals surface area contributed by atoms with Gasteiger partial charge in [0, 0.05) is 20.1 Å². The molecule has 6 nitrogen and oxygen atoms in total. The minimum absolute atomic E-state index is 0.0278. The summed E-state index contributed by atoms with van der Waals surface area (Å²) < 4.78 is 14.3. The molecule has 0 radical (unpaired) electrons. The van der Waals surface area contributed by atoms with Crippen LogP contribution in [0.3, 0.4) is 0 Å². The van der Waals surface area contributed by atoms with Crippen LogP contribution in [-0.2, 0) is 19.0 Å². The fourth-order valence-corrected chi connectivity index (χ4v) is 1.53. The molecule has 0 aliphatic rings. The predicted octanol–water partition coefficient (Wildman–Crippen LogP) is 2.94. The highest BCUT2D eigenvalue weighted by atomic mass is 16.5. The number of hydrogen-bond donors (Lipinski definition) is 2. The maximum atomic E-state index is 10.4. The van der Waals surface area contributed by atoms with Gasteiger partial charge in [-0.3, -0.25) is 4.79 Å². The summed E-state index contributed by atoms with van der Waals surface area (Å²) >= 11 is 0. The summed E-state index contributed by atoms with van der Waals surface area (Å²) in [6, 6.07) is 0. The van der Waals surface area contributed by atoms with E-state index < -0.39 is 0 Å². The second-order valence-electron chi connectivity index (χ2n) is 4.95. The van der Waals surface area contributed by atoms with Crippen molar-refractivity contribution in [2.45, 2.75) is 66.2 Å². The van der Waals surface area contributed by atoms with Gasteiger partial charge in [-0.1, -0.05) is 39.0 Å². The molecule has 0 aromatic rings. The lowest BCUT2D eigenvalue weighted by Crippen LogP contribution is -2.03. The van der Waals surface area contributed by atoms with Crippen molar-refractivity contribution in [1.29, 1.82) is 0 Å². The highest BCUT2D eigenvalue weighted by molar-refractivity contribution is 5.65. The average Bonchev–Trinajstić information content (AvgIpc) is 2.56. The largest absolute Gasteiger partial charge is 0.466 e. The van der Waals surface area contributed by atoms with Crippen molar-refractivity contribution in [1.82, 2.24) is 0 Å². The highest BCUT2D eigenvalue weighted by Crippen LogP contribution is 2.04. The number of unbranched alkanes of at least 4 members (excludes halogenated alkanes) is 5. The van der Waals surface area contributed by atoms with Gasteiger partial charge >= 0.3 is 5.97 Å². The standard InChI is InChI=1S/C10H20O2.C4H10O3.C4H10O/c1-3-4-5-6-7-8-9-12-10(2)11;5-1-3-7-4-2-6;1-3-5-4-2/h3-9H2,1-2H3;5-6H,1-4H2;3-4H2,1-2H3. The maximum absolute atomic E-state index is 10.4. The van der Waals surface area contributed by atoms with Crippen LogP contribution in [0.25, 0.3) is 0 Å². The first-order valence-electron chi connectivity index (χ1n) is 9.11. The van der Waals surface area contributed by atoms with E-state index in [1.165, 1.54) is 39.0 Å². The van der Waals surface area contributed by atoms with Gasteiger partial charge in [0.2, 0.25) is 0 Å². The molecule has 0 heterocycles. The first-order valence-corrected chi connectivity index (χ1v) is 9.11. The molecule has 0 spiro atoms. The Balaban J connectivity index is -0.000000311. The number of aliphatic hydroxyl groups is 2. The Morgan fingerprint density at radius 3 is 1.62 bits per heavy atom. The SMILES string of the molecule is CCCCCCCCOC(C)=O.CCOCC.OCCOCCO. The molecule has 0 amide bonds. The molecule has 0 aromatic heterocycles. The van der Waals surface area contributed by atoms with Gasteiger partial charge < -0.3 is 24.4 Å². The van der Waals surface area contributed by atoms with E-state index in [1.807, 2.05) is 13.8 Å². The van der Waals surface area contributed by atoms with Gasteiger partial charge in [-0.2, -0.15) is 0 Å². The molecule has 0 fully saturated rings. The summed E-state index contributed by atoms with van der Waals surface area (Å²) in [5.41, 5.74) is 0. The molecule has 0 aliphatic heterocycles. The molecule has 148 valence electrons. The van der Waals surface area contributed by atoms with Gasteiger partial charge in [-0.05, 0) is 20.3 Å². The summed E-state index contributed by atoms with van der Waals surface area (Å²) in [6.07, 6.45) is 7.40. The zero-order valence-electron chi connectivity index (χ0n) is 16.2. The minimum atomic E-state index is -0.163. The molecule has 0 saturated carbocycles. The van der Waals surface area contributed by atoms with E-state index in [1.54, 1.807) is 0 Å². The highest BCUT2D eigenvalue weighted by Gasteiger charge is 1.92. The van der Waals surface area contributed by atoms with Crippen molar-refractivity contribution in [3.63, 3.8) is 0 Å². The lowest BCUT2D eigenvalue weighted by Gasteiger charge is -2.01. The molecule has 0 unspecified atom stereocenters. The summed E-state index contributed by atoms with van der Waals surface area (Å²) in [5, 5.41) is 16.2. The van der Waals surface area contributed by atoms with E-state index in [-0.39, 0.29) is 19.2 Å². The number of carbonyl (C=O) groups excluding carboxylic acids is 1. The number of aliphatic hydroxyl groups excluding tert-OH is 2. The molecule has 0 aromatic carbocycles. The van der Waals surface area contributed by atoms with E-state index in [2.05, 4.69) is 11.7 Å². The Bertz CT molecular complexity index is 206. The number of rotatable bonds is 13. The molecule has 24 heavy (non-hydrogen) atoms. The van der Waals surface area contributed by atoms with E-state index in [0.717, 1.165) is 19.6 Å². The molecule has 0 rings (SSSR count). The molecule has 0 aliphatic carbocycles. The van der Waals surface area contributed by atoms with Crippen LogP contribution in [0.2, 0.25) is 0 Å². The monoisotopic (exact) mass is 352 g/mol. The second kappa shape index (κ2) is 30.2. The van der Waals surface area contributed by atoms with Gasteiger partial charge in [-0.15, -0.1) is 0 Å². The zero-order valence-corrected chi connectivity index (χ0v) is 16.2. The van der Waals surface area contributed by atoms with Crippen LogP contribution in [0.15, 0.2) is 0 Å². The van der Waals surface area contributed by atoms with Gasteiger partial charge in [0.05, 0.1) is 33.0 Å². The number of esters is 1. The number of hydrogen-bond acceptors (Lipinski definition) is 6.